The first-order valence-electron chi connectivity index (χ1n) is 11.2. The van der Waals surface area contributed by atoms with Crippen LogP contribution in [-0.4, -0.2) is 171 Å². The van der Waals surface area contributed by atoms with Crippen LogP contribution >= 0.6 is 0 Å². The molecule has 2 saturated heterocycles. The van der Waals surface area contributed by atoms with E-state index in [9.17, 15) is 57.1 Å². The van der Waals surface area contributed by atoms with Crippen LogP contribution in [0, 0.1) is 0 Å². The molecule has 2 fully saturated rings. The molecule has 0 aliphatic carbocycles. The van der Waals surface area contributed by atoms with Gasteiger partial charge in [0.05, 0.1) is 13.2 Å². The van der Waals surface area contributed by atoms with Crippen LogP contribution in [-0.2, 0) is 53.9 Å². The molecular formula is C16H34N2O23S3. The van der Waals surface area contributed by atoms with E-state index in [1.807, 2.05) is 0 Å². The number of carbonyl (C=O) groups is 2. The van der Waals surface area contributed by atoms with Crippen molar-refractivity contribution in [2.75, 3.05) is 13.2 Å². The molecule has 0 spiro atoms. The zero-order chi connectivity index (χ0) is 35.4. The summed E-state index contributed by atoms with van der Waals surface area (Å²) in [6.07, 6.45) is -10.5. The third-order valence-electron chi connectivity index (χ3n) is 4.71. The summed E-state index contributed by atoms with van der Waals surface area (Å²) in [5.74, 6) is -0.923. The number of rotatable bonds is 6. The van der Waals surface area contributed by atoms with E-state index < -0.39 is 118 Å². The number of aliphatic hydroxyl groups is 8. The molecule has 0 saturated carbocycles. The first-order valence-corrected chi connectivity index (χ1v) is 15.3. The predicted octanol–water partition coefficient (Wildman–Crippen LogP) is -8.20. The number of aliphatic hydroxyl groups excluding tert-OH is 8. The SMILES string of the molecule is CC(=O)N[C@H]1C(O)O[C@H](CO)[C@H](O)[C@@H]1O.CC(=O)N[C@H]1C(O)O[C@H](CO)[C@H](O)[C@@H]1O.O=S(=O)(O)O.O=S(=O)(O)OS(=O)(=O)O. The summed E-state index contributed by atoms with van der Waals surface area (Å²) < 4.78 is 96.8. The standard InChI is InChI=1S/2C8H15NO6.H2O7S2.H2O4S/c2*1-3(11)9-5-7(13)6(12)4(2-10)15-8(5)14;1-8(2,3)7-9(4,5)6;1-5(2,3)4/h2*4-8,10,12-14H,2H2,1H3,(H,9,11);(H,1,2,3)(H,4,5,6);(H2,1,2,3,4)/t2*4-,5-,6+,7-,8?;;/m11../s1. The van der Waals surface area contributed by atoms with E-state index in [0.29, 0.717) is 0 Å². The molecule has 25 nitrogen and oxygen atoms in total. The van der Waals surface area contributed by atoms with Gasteiger partial charge in [-0.3, -0.25) is 27.8 Å². The van der Waals surface area contributed by atoms with Gasteiger partial charge >= 0.3 is 31.2 Å². The molecule has 44 heavy (non-hydrogen) atoms. The molecule has 2 rings (SSSR count). The Balaban J connectivity index is 0. The highest BCUT2D eigenvalue weighted by Crippen LogP contribution is 2.20. The average Bonchev–Trinajstić information content (AvgIpc) is 2.81. The van der Waals surface area contributed by atoms with Gasteiger partial charge in [-0.1, -0.05) is 0 Å². The number of hydrogen-bond donors (Lipinski definition) is 14. The van der Waals surface area contributed by atoms with Crippen LogP contribution in [0.3, 0.4) is 0 Å². The Morgan fingerprint density at radius 3 is 1.02 bits per heavy atom. The van der Waals surface area contributed by atoms with Gasteiger partial charge in [0.25, 0.3) is 0 Å². The van der Waals surface area contributed by atoms with Crippen molar-refractivity contribution in [1.82, 2.24) is 10.6 Å². The van der Waals surface area contributed by atoms with E-state index in [0.717, 1.165) is 0 Å². The summed E-state index contributed by atoms with van der Waals surface area (Å²) in [4.78, 5) is 21.5. The van der Waals surface area contributed by atoms with E-state index in [1.165, 1.54) is 13.8 Å². The zero-order valence-corrected chi connectivity index (χ0v) is 24.7. The summed E-state index contributed by atoms with van der Waals surface area (Å²) in [6, 6.07) is -2.19. The lowest BCUT2D eigenvalue weighted by Gasteiger charge is -2.40. The molecule has 2 aliphatic heterocycles. The minimum atomic E-state index is -5.12. The Morgan fingerprint density at radius 2 is 0.864 bits per heavy atom. The molecular weight excluding hydrogens is 684 g/mol. The molecule has 2 heterocycles. The number of carbonyl (C=O) groups excluding carboxylic acids is 2. The van der Waals surface area contributed by atoms with Crippen molar-refractivity contribution >= 4 is 43.0 Å². The number of ether oxygens (including phenoxy) is 2. The van der Waals surface area contributed by atoms with Crippen LogP contribution in [0.25, 0.3) is 0 Å². The molecule has 10 atom stereocenters. The van der Waals surface area contributed by atoms with Gasteiger partial charge < -0.3 is 61.0 Å². The minimum Gasteiger partial charge on any atom is -0.394 e. The van der Waals surface area contributed by atoms with Gasteiger partial charge in [0.2, 0.25) is 11.8 Å². The van der Waals surface area contributed by atoms with Crippen LogP contribution in [0.15, 0.2) is 0 Å². The molecule has 2 unspecified atom stereocenters. The van der Waals surface area contributed by atoms with E-state index in [2.05, 4.69) is 14.3 Å². The van der Waals surface area contributed by atoms with Crippen LogP contribution in [0.1, 0.15) is 13.8 Å². The van der Waals surface area contributed by atoms with Crippen molar-refractivity contribution < 1.29 is 107 Å². The largest absolute Gasteiger partial charge is 0.413 e. The quantitative estimate of drug-likeness (QED) is 0.113. The third kappa shape index (κ3) is 19.6. The summed E-state index contributed by atoms with van der Waals surface area (Å²) in [7, 11) is -14.9. The third-order valence-corrected chi connectivity index (χ3v) is 6.09. The maximum absolute atomic E-state index is 10.7. The van der Waals surface area contributed by atoms with E-state index in [4.69, 9.17) is 46.3 Å². The molecule has 0 aromatic rings. The average molecular weight is 719 g/mol. The molecule has 0 radical (unpaired) electrons. The Morgan fingerprint density at radius 1 is 0.614 bits per heavy atom. The molecule has 2 aliphatic rings. The number of amides is 2. The summed E-state index contributed by atoms with van der Waals surface area (Å²) in [6.45, 7) is 1.37. The summed E-state index contributed by atoms with van der Waals surface area (Å²) in [5.41, 5.74) is 0. The van der Waals surface area contributed by atoms with Crippen LogP contribution < -0.4 is 10.6 Å². The lowest BCUT2D eigenvalue weighted by molar-refractivity contribution is -0.253. The number of hydrogen-bond acceptors (Lipinski definition) is 19. The Hall–Kier alpha value is -1.81. The van der Waals surface area contributed by atoms with Crippen molar-refractivity contribution in [3.05, 3.63) is 0 Å². The molecule has 14 N–H and O–H groups in total. The molecule has 0 aromatic heterocycles. The fourth-order valence-corrected chi connectivity index (χ4v) is 3.95. The van der Waals surface area contributed by atoms with Gasteiger partial charge in [-0.2, -0.15) is 25.3 Å². The zero-order valence-electron chi connectivity index (χ0n) is 22.3. The topological polar surface area (TPSA) is 431 Å². The molecule has 28 heteroatoms. The van der Waals surface area contributed by atoms with Gasteiger partial charge in [-0.15, -0.1) is 3.63 Å². The van der Waals surface area contributed by atoms with Crippen LogP contribution in [0.4, 0.5) is 0 Å². The summed E-state index contributed by atoms with van der Waals surface area (Å²) >= 11 is 0. The maximum atomic E-state index is 10.7. The maximum Gasteiger partial charge on any atom is 0.413 e. The first-order chi connectivity index (χ1) is 19.6. The Kier molecular flexibility index (Phi) is 19.1. The lowest BCUT2D eigenvalue weighted by Crippen LogP contribution is -2.63. The van der Waals surface area contributed by atoms with Gasteiger partial charge in [-0.25, -0.2) is 0 Å². The summed E-state index contributed by atoms with van der Waals surface area (Å²) in [5, 5.41) is 78.8. The van der Waals surface area contributed by atoms with E-state index >= 15 is 0 Å². The van der Waals surface area contributed by atoms with Crippen LogP contribution in [0.2, 0.25) is 0 Å². The highest BCUT2D eigenvalue weighted by Gasteiger charge is 2.44. The second-order valence-corrected chi connectivity index (χ2v) is 11.4. The van der Waals surface area contributed by atoms with Crippen molar-refractivity contribution in [3.63, 3.8) is 0 Å². The minimum absolute atomic E-state index is 0.462. The second kappa shape index (κ2) is 19.0. The van der Waals surface area contributed by atoms with E-state index in [-0.39, 0.29) is 0 Å². The molecule has 2 amide bonds. The molecule has 0 aromatic carbocycles. The lowest BCUT2D eigenvalue weighted by atomic mass is 9.97. The van der Waals surface area contributed by atoms with E-state index in [1.54, 1.807) is 0 Å². The Labute approximate surface area is 249 Å². The highest BCUT2D eigenvalue weighted by atomic mass is 32.3. The molecule has 264 valence electrons. The van der Waals surface area contributed by atoms with Gasteiger partial charge in [0.15, 0.2) is 12.6 Å². The predicted molar refractivity (Wildman–Crippen MR) is 134 cm³/mol. The van der Waals surface area contributed by atoms with Gasteiger partial charge in [0.1, 0.15) is 48.7 Å². The van der Waals surface area contributed by atoms with Gasteiger partial charge in [-0.05, 0) is 0 Å². The number of nitrogens with one attached hydrogen (secondary N) is 2. The normalized spacial score (nSPS) is 32.2. The van der Waals surface area contributed by atoms with Crippen molar-refractivity contribution in [2.24, 2.45) is 0 Å². The fourth-order valence-electron chi connectivity index (χ4n) is 3.08. The monoisotopic (exact) mass is 718 g/mol. The fraction of sp³-hybridized carbons (Fsp3) is 0.875. The highest BCUT2D eigenvalue weighted by molar-refractivity contribution is 7.94. The van der Waals surface area contributed by atoms with Crippen molar-refractivity contribution in [1.29, 1.82) is 0 Å². The van der Waals surface area contributed by atoms with Crippen molar-refractivity contribution in [3.8, 4) is 0 Å². The van der Waals surface area contributed by atoms with Crippen molar-refractivity contribution in [2.45, 2.75) is 75.1 Å². The smallest absolute Gasteiger partial charge is 0.394 e. The first kappa shape index (κ1) is 44.3. The Bertz CT molecular complexity index is 1130. The van der Waals surface area contributed by atoms with Gasteiger partial charge in [0, 0.05) is 13.8 Å². The molecule has 0 bridgehead atoms. The second-order valence-electron chi connectivity index (χ2n) is 8.28. The van der Waals surface area contributed by atoms with Crippen LogP contribution in [0.5, 0.6) is 0 Å².